The Hall–Kier alpha value is -0.240. The fourth-order valence-corrected chi connectivity index (χ4v) is 2.71. The van der Waals surface area contributed by atoms with Crippen LogP contribution < -0.4 is 5.32 Å². The lowest BCUT2D eigenvalue weighted by Crippen LogP contribution is -2.60. The Morgan fingerprint density at radius 2 is 2.06 bits per heavy atom. The third-order valence-corrected chi connectivity index (χ3v) is 3.68. The van der Waals surface area contributed by atoms with E-state index >= 15 is 0 Å². The molecule has 0 aromatic rings. The topological polar surface area (TPSA) is 59.0 Å². The number of hydrogen-bond donors (Lipinski definition) is 3. The van der Waals surface area contributed by atoms with Crippen molar-refractivity contribution in [3.05, 3.63) is 0 Å². The molecule has 2 aliphatic rings. The first-order valence-electron chi connectivity index (χ1n) is 6.07. The Balaban J connectivity index is 1.94. The van der Waals surface area contributed by atoms with Crippen LogP contribution in [-0.2, 0) is 0 Å². The predicted molar refractivity (Wildman–Crippen MR) is 60.2 cm³/mol. The van der Waals surface area contributed by atoms with E-state index in [0.29, 0.717) is 0 Å². The number of nitrogens with one attached hydrogen (secondary N) is 1. The van der Waals surface area contributed by atoms with E-state index < -0.39 is 0 Å². The number of hydrogen-bond acceptors (Lipinski definition) is 5. The zero-order valence-electron chi connectivity index (χ0n) is 9.81. The lowest BCUT2D eigenvalue weighted by Gasteiger charge is -2.39. The van der Waals surface area contributed by atoms with Crippen molar-refractivity contribution in [3.63, 3.8) is 0 Å². The van der Waals surface area contributed by atoms with Crippen LogP contribution >= 0.6 is 0 Å². The van der Waals surface area contributed by atoms with E-state index in [1.54, 1.807) is 0 Å². The molecule has 1 unspecified atom stereocenters. The highest BCUT2D eigenvalue weighted by Crippen LogP contribution is 2.19. The molecule has 3 N–H and O–H groups in total. The van der Waals surface area contributed by atoms with Gasteiger partial charge in [-0.1, -0.05) is 0 Å². The molecular weight excluding hydrogens is 208 g/mol. The lowest BCUT2D eigenvalue weighted by atomic mass is 10.5. The van der Waals surface area contributed by atoms with Crippen LogP contribution in [0.1, 0.15) is 0 Å². The molecule has 0 radical (unpaired) electrons. The highest BCUT2D eigenvalue weighted by Gasteiger charge is 2.41. The van der Waals surface area contributed by atoms with E-state index in [2.05, 4.69) is 15.2 Å². The van der Waals surface area contributed by atoms with Gasteiger partial charge >= 0.3 is 0 Å². The van der Waals surface area contributed by atoms with Gasteiger partial charge in [-0.15, -0.1) is 5.01 Å². The monoisotopic (exact) mass is 231 g/mol. The molecule has 16 heavy (non-hydrogen) atoms. The maximum atomic E-state index is 9.20. The Morgan fingerprint density at radius 3 is 2.69 bits per heavy atom. The third-order valence-electron chi connectivity index (χ3n) is 3.68. The molecule has 2 fully saturated rings. The predicted octanol–water partition coefficient (Wildman–Crippen LogP) is -2.16. The van der Waals surface area contributed by atoms with Gasteiger partial charge in [0, 0.05) is 13.1 Å². The molecule has 0 spiro atoms. The largest absolute Gasteiger partial charge is 0.395 e. The van der Waals surface area contributed by atoms with Crippen molar-refractivity contribution in [1.29, 1.82) is 0 Å². The Morgan fingerprint density at radius 1 is 1.19 bits per heavy atom. The smallest absolute Gasteiger partial charge is 0.150 e. The maximum Gasteiger partial charge on any atom is 0.150 e. The molecule has 94 valence electrons. The molecular formula is C10H23N4O2+. The highest BCUT2D eigenvalue weighted by molar-refractivity contribution is 4.67. The van der Waals surface area contributed by atoms with Gasteiger partial charge in [0.15, 0.2) is 6.67 Å². The summed E-state index contributed by atoms with van der Waals surface area (Å²) in [7, 11) is 0. The van der Waals surface area contributed by atoms with Crippen molar-refractivity contribution in [2.45, 2.75) is 0 Å². The van der Waals surface area contributed by atoms with E-state index in [0.717, 1.165) is 57.2 Å². The van der Waals surface area contributed by atoms with Crippen molar-refractivity contribution in [2.24, 2.45) is 0 Å². The second-order valence-electron chi connectivity index (χ2n) is 4.64. The van der Waals surface area contributed by atoms with Crippen molar-refractivity contribution >= 4 is 0 Å². The SMILES string of the molecule is OCCN1CCN([N+]2(CCO)CCNC2)C1. The summed E-state index contributed by atoms with van der Waals surface area (Å²) in [5.41, 5.74) is 0. The molecule has 2 saturated heterocycles. The Labute approximate surface area is 96.6 Å². The molecule has 0 bridgehead atoms. The van der Waals surface area contributed by atoms with Crippen molar-refractivity contribution in [2.75, 3.05) is 65.8 Å². The van der Waals surface area contributed by atoms with Crippen LogP contribution in [0.3, 0.4) is 0 Å². The Bertz CT molecular complexity index is 221. The van der Waals surface area contributed by atoms with E-state index in [-0.39, 0.29) is 13.2 Å². The molecule has 2 heterocycles. The molecule has 2 aliphatic heterocycles. The van der Waals surface area contributed by atoms with Gasteiger partial charge in [-0.2, -0.15) is 0 Å². The molecule has 0 amide bonds. The average molecular weight is 231 g/mol. The number of aliphatic hydroxyl groups excluding tert-OH is 2. The van der Waals surface area contributed by atoms with E-state index in [1.165, 1.54) is 0 Å². The van der Waals surface area contributed by atoms with Crippen LogP contribution in [-0.4, -0.2) is 90.5 Å². The third kappa shape index (κ3) is 2.37. The van der Waals surface area contributed by atoms with Crippen molar-refractivity contribution in [3.8, 4) is 0 Å². The number of nitrogens with zero attached hydrogens (tertiary/aromatic N) is 3. The van der Waals surface area contributed by atoms with Crippen LogP contribution in [0.4, 0.5) is 0 Å². The number of aliphatic hydroxyl groups is 2. The van der Waals surface area contributed by atoms with Crippen LogP contribution in [0.15, 0.2) is 0 Å². The fourth-order valence-electron chi connectivity index (χ4n) is 2.71. The summed E-state index contributed by atoms with van der Waals surface area (Å²) < 4.78 is 0.860. The number of β-amino-alcohol motifs (C(OH)–C–C–N with tert-alkyl or cyclic N) is 1. The summed E-state index contributed by atoms with van der Waals surface area (Å²) in [4.78, 5) is 2.26. The molecule has 2 rings (SSSR count). The molecule has 0 aromatic carbocycles. The highest BCUT2D eigenvalue weighted by atomic mass is 16.3. The van der Waals surface area contributed by atoms with Gasteiger partial charge in [0.2, 0.25) is 0 Å². The van der Waals surface area contributed by atoms with Crippen molar-refractivity contribution < 1.29 is 14.8 Å². The first-order valence-corrected chi connectivity index (χ1v) is 6.07. The van der Waals surface area contributed by atoms with Gasteiger partial charge in [0.05, 0.1) is 33.0 Å². The Kier molecular flexibility index (Phi) is 4.12. The second-order valence-corrected chi connectivity index (χ2v) is 4.64. The summed E-state index contributed by atoms with van der Waals surface area (Å²) in [6, 6.07) is 0. The van der Waals surface area contributed by atoms with Gasteiger partial charge in [-0.3, -0.25) is 10.2 Å². The zero-order chi connectivity index (χ0) is 11.4. The van der Waals surface area contributed by atoms with Gasteiger partial charge in [-0.05, 0) is 0 Å². The summed E-state index contributed by atoms with van der Waals surface area (Å²) in [6.07, 6.45) is 0. The first kappa shape index (κ1) is 12.2. The van der Waals surface area contributed by atoms with E-state index in [1.807, 2.05) is 0 Å². The molecule has 0 saturated carbocycles. The number of rotatable bonds is 5. The molecule has 1 atom stereocenters. The standard InChI is InChI=1S/C10H23N4O2/c15-7-4-12-2-3-13(10-12)14(6-8-16)5-1-11-9-14/h11,15-16H,1-10H2/q+1. The quantitative estimate of drug-likeness (QED) is 0.471. The fraction of sp³-hybridized carbons (Fsp3) is 1.00. The molecule has 6 heteroatoms. The van der Waals surface area contributed by atoms with Crippen molar-refractivity contribution in [1.82, 2.24) is 15.2 Å². The maximum absolute atomic E-state index is 9.20. The van der Waals surface area contributed by atoms with Crippen LogP contribution in [0.2, 0.25) is 0 Å². The zero-order valence-corrected chi connectivity index (χ0v) is 9.81. The normalized spacial score (nSPS) is 32.6. The minimum atomic E-state index is 0.228. The minimum absolute atomic E-state index is 0.228. The van der Waals surface area contributed by atoms with Gasteiger partial charge in [-0.25, -0.2) is 4.59 Å². The van der Waals surface area contributed by atoms with Gasteiger partial charge in [0.1, 0.15) is 13.1 Å². The second kappa shape index (κ2) is 5.39. The lowest BCUT2D eigenvalue weighted by molar-refractivity contribution is -1.02. The van der Waals surface area contributed by atoms with Gasteiger partial charge in [0.25, 0.3) is 0 Å². The number of quaternary nitrogens is 1. The molecule has 0 aromatic heterocycles. The average Bonchev–Trinajstić information content (AvgIpc) is 2.88. The summed E-state index contributed by atoms with van der Waals surface area (Å²) >= 11 is 0. The van der Waals surface area contributed by atoms with Crippen LogP contribution in [0, 0.1) is 0 Å². The summed E-state index contributed by atoms with van der Waals surface area (Å²) in [6.45, 7) is 7.97. The first-order chi connectivity index (χ1) is 7.80. The van der Waals surface area contributed by atoms with Crippen LogP contribution in [0.25, 0.3) is 0 Å². The van der Waals surface area contributed by atoms with Gasteiger partial charge < -0.3 is 10.2 Å². The summed E-state index contributed by atoms with van der Waals surface area (Å²) in [5, 5.41) is 23.9. The summed E-state index contributed by atoms with van der Waals surface area (Å²) in [5.74, 6) is 0. The van der Waals surface area contributed by atoms with E-state index in [9.17, 15) is 5.11 Å². The molecule has 6 nitrogen and oxygen atoms in total. The van der Waals surface area contributed by atoms with E-state index in [4.69, 9.17) is 5.11 Å². The molecule has 0 aliphatic carbocycles. The van der Waals surface area contributed by atoms with Crippen LogP contribution in [0.5, 0.6) is 0 Å². The minimum Gasteiger partial charge on any atom is -0.395 e.